The molecule has 0 atom stereocenters. The summed E-state index contributed by atoms with van der Waals surface area (Å²) in [4.78, 5) is 10.9. The lowest BCUT2D eigenvalue weighted by molar-refractivity contribution is -0.141. The highest BCUT2D eigenvalue weighted by Gasteiger charge is 1.99. The van der Waals surface area contributed by atoms with Gasteiger partial charge in [-0.2, -0.15) is 0 Å². The summed E-state index contributed by atoms with van der Waals surface area (Å²) in [6, 6.07) is 0. The van der Waals surface area contributed by atoms with Crippen LogP contribution in [0.25, 0.3) is 0 Å². The Labute approximate surface area is 238 Å². The summed E-state index contributed by atoms with van der Waals surface area (Å²) in [6.45, 7) is 9.41. The van der Waals surface area contributed by atoms with Crippen LogP contribution < -0.4 is 0 Å². The normalized spacial score (nSPS) is 11.3. The van der Waals surface area contributed by atoms with Crippen LogP contribution >= 0.6 is 0 Å². The molecule has 0 unspecified atom stereocenters. The first-order valence-electron chi connectivity index (χ1n) is 13.8. The molecule has 40 heavy (non-hydrogen) atoms. The van der Waals surface area contributed by atoms with Crippen LogP contribution in [0.5, 0.6) is 0 Å². The molecule has 0 aromatic carbocycles. The Morgan fingerprint density at radius 1 is 0.375 bits per heavy atom. The molecule has 0 saturated carbocycles. The zero-order valence-electron chi connectivity index (χ0n) is 24.2. The summed E-state index contributed by atoms with van der Waals surface area (Å²) in [5, 5.41) is 0. The van der Waals surface area contributed by atoms with Gasteiger partial charge in [0.2, 0.25) is 0 Å². The quantitative estimate of drug-likeness (QED) is 0.0760. The number of ether oxygens (including phenoxy) is 12. The molecule has 0 aliphatic rings. The van der Waals surface area contributed by atoms with E-state index in [9.17, 15) is 9.18 Å². The van der Waals surface area contributed by atoms with Gasteiger partial charge < -0.3 is 56.8 Å². The molecule has 240 valence electrons. The molecule has 0 aliphatic heterocycles. The SMILES string of the molecule is COC(=O)CCOCCOCCOCCOCCOCCOCCOCCOCCOCCOCCOCCF. The monoisotopic (exact) mass is 590 g/mol. The highest BCUT2D eigenvalue weighted by Crippen LogP contribution is 1.88. The van der Waals surface area contributed by atoms with Crippen molar-refractivity contribution in [2.75, 3.05) is 159 Å². The average molecular weight is 591 g/mol. The number of carbonyl (C=O) groups is 1. The lowest BCUT2D eigenvalue weighted by Crippen LogP contribution is -2.15. The third-order valence-corrected chi connectivity index (χ3v) is 4.62. The van der Waals surface area contributed by atoms with Crippen molar-refractivity contribution in [1.82, 2.24) is 0 Å². The van der Waals surface area contributed by atoms with Crippen LogP contribution in [0.2, 0.25) is 0 Å². The van der Waals surface area contributed by atoms with Crippen molar-refractivity contribution >= 4 is 5.97 Å². The number of halogens is 1. The number of alkyl halides is 1. The molecule has 0 rings (SSSR count). The minimum absolute atomic E-state index is 0.111. The van der Waals surface area contributed by atoms with Gasteiger partial charge in [0.05, 0.1) is 159 Å². The molecular weight excluding hydrogens is 539 g/mol. The van der Waals surface area contributed by atoms with Crippen molar-refractivity contribution in [2.24, 2.45) is 0 Å². The zero-order valence-corrected chi connectivity index (χ0v) is 24.2. The predicted octanol–water partition coefficient (Wildman–Crippen LogP) is 0.702. The maximum Gasteiger partial charge on any atom is 0.307 e. The first-order chi connectivity index (χ1) is 19.8. The maximum absolute atomic E-state index is 11.8. The standard InChI is InChI=1S/C26H51FO13/c1-29-26(28)2-4-30-6-8-32-10-12-34-14-16-36-18-20-38-22-24-40-25-23-39-21-19-37-17-15-35-13-11-33-9-7-31-5-3-27/h2-25H2,1H3. The van der Waals surface area contributed by atoms with Gasteiger partial charge in [-0.05, 0) is 0 Å². The summed E-state index contributed by atoms with van der Waals surface area (Å²) in [5.74, 6) is -0.288. The van der Waals surface area contributed by atoms with Gasteiger partial charge in [-0.15, -0.1) is 0 Å². The van der Waals surface area contributed by atoms with Crippen LogP contribution in [0.4, 0.5) is 4.39 Å². The van der Waals surface area contributed by atoms with Crippen molar-refractivity contribution in [1.29, 1.82) is 0 Å². The molecule has 13 nitrogen and oxygen atoms in total. The molecular formula is C26H51FO13. The number of rotatable bonds is 35. The van der Waals surface area contributed by atoms with E-state index in [1.54, 1.807) is 0 Å². The van der Waals surface area contributed by atoms with E-state index in [0.29, 0.717) is 139 Å². The summed E-state index contributed by atoms with van der Waals surface area (Å²) < 4.78 is 75.1. The van der Waals surface area contributed by atoms with E-state index in [0.717, 1.165) is 0 Å². The summed E-state index contributed by atoms with van der Waals surface area (Å²) in [5.41, 5.74) is 0. The molecule has 0 N–H and O–H groups in total. The first-order valence-corrected chi connectivity index (χ1v) is 13.8. The first kappa shape index (κ1) is 39.0. The van der Waals surface area contributed by atoms with Crippen molar-refractivity contribution in [3.63, 3.8) is 0 Å². The fourth-order valence-electron chi connectivity index (χ4n) is 2.61. The van der Waals surface area contributed by atoms with E-state index in [2.05, 4.69) is 4.74 Å². The molecule has 0 amide bonds. The van der Waals surface area contributed by atoms with Gasteiger partial charge in [0, 0.05) is 0 Å². The van der Waals surface area contributed by atoms with E-state index in [1.165, 1.54) is 7.11 Å². The predicted molar refractivity (Wildman–Crippen MR) is 142 cm³/mol. The number of methoxy groups -OCH3 is 1. The highest BCUT2D eigenvalue weighted by atomic mass is 19.1. The molecule has 0 aromatic rings. The lowest BCUT2D eigenvalue weighted by Gasteiger charge is -2.09. The third kappa shape index (κ3) is 35.0. The maximum atomic E-state index is 11.8. The van der Waals surface area contributed by atoms with E-state index >= 15 is 0 Å². The zero-order chi connectivity index (χ0) is 29.0. The van der Waals surface area contributed by atoms with Gasteiger partial charge in [-0.1, -0.05) is 0 Å². The van der Waals surface area contributed by atoms with Crippen LogP contribution in [0.1, 0.15) is 6.42 Å². The van der Waals surface area contributed by atoms with Gasteiger partial charge >= 0.3 is 5.97 Å². The second kappa shape index (κ2) is 36.0. The Kier molecular flexibility index (Phi) is 35.1. The summed E-state index contributed by atoms with van der Waals surface area (Å²) in [7, 11) is 1.35. The molecule has 0 fully saturated rings. The fourth-order valence-corrected chi connectivity index (χ4v) is 2.61. The van der Waals surface area contributed by atoms with Crippen LogP contribution in [0.3, 0.4) is 0 Å². The number of esters is 1. The smallest absolute Gasteiger partial charge is 0.307 e. The minimum Gasteiger partial charge on any atom is -0.469 e. The van der Waals surface area contributed by atoms with Gasteiger partial charge in [0.15, 0.2) is 0 Å². The van der Waals surface area contributed by atoms with Crippen LogP contribution in [0, 0.1) is 0 Å². The largest absolute Gasteiger partial charge is 0.469 e. The van der Waals surface area contributed by atoms with E-state index in [4.69, 9.17) is 52.1 Å². The number of hydrogen-bond acceptors (Lipinski definition) is 13. The van der Waals surface area contributed by atoms with Crippen LogP contribution in [-0.2, 0) is 61.6 Å². The lowest BCUT2D eigenvalue weighted by atomic mass is 10.5. The van der Waals surface area contributed by atoms with Crippen molar-refractivity contribution in [3.8, 4) is 0 Å². The van der Waals surface area contributed by atoms with Crippen LogP contribution in [0.15, 0.2) is 0 Å². The Balaban J connectivity index is 3.04. The number of carbonyl (C=O) groups excluding carboxylic acids is 1. The van der Waals surface area contributed by atoms with E-state index < -0.39 is 6.67 Å². The Morgan fingerprint density at radius 3 is 0.775 bits per heavy atom. The molecule has 0 saturated heterocycles. The van der Waals surface area contributed by atoms with Gasteiger partial charge in [-0.25, -0.2) is 4.39 Å². The minimum atomic E-state index is -0.477. The topological polar surface area (TPSA) is 128 Å². The van der Waals surface area contributed by atoms with E-state index in [1.807, 2.05) is 0 Å². The van der Waals surface area contributed by atoms with E-state index in [-0.39, 0.29) is 19.0 Å². The molecule has 0 radical (unpaired) electrons. The van der Waals surface area contributed by atoms with Crippen molar-refractivity contribution < 1.29 is 66.0 Å². The van der Waals surface area contributed by atoms with Gasteiger partial charge in [0.25, 0.3) is 0 Å². The Morgan fingerprint density at radius 2 is 0.575 bits per heavy atom. The van der Waals surface area contributed by atoms with Crippen molar-refractivity contribution in [3.05, 3.63) is 0 Å². The number of hydrogen-bond donors (Lipinski definition) is 0. The van der Waals surface area contributed by atoms with Crippen molar-refractivity contribution in [2.45, 2.75) is 6.42 Å². The molecule has 0 aromatic heterocycles. The molecule has 14 heteroatoms. The third-order valence-electron chi connectivity index (χ3n) is 4.62. The fraction of sp³-hybridized carbons (Fsp3) is 0.962. The highest BCUT2D eigenvalue weighted by molar-refractivity contribution is 5.69. The average Bonchev–Trinajstić information content (AvgIpc) is 2.97. The van der Waals surface area contributed by atoms with Gasteiger partial charge in [-0.3, -0.25) is 4.79 Å². The summed E-state index contributed by atoms with van der Waals surface area (Å²) in [6.07, 6.45) is 0.243. The summed E-state index contributed by atoms with van der Waals surface area (Å²) >= 11 is 0. The second-order valence-corrected chi connectivity index (χ2v) is 7.75. The Bertz CT molecular complexity index is 492. The molecule has 0 aliphatic carbocycles. The second-order valence-electron chi connectivity index (χ2n) is 7.75. The van der Waals surface area contributed by atoms with Gasteiger partial charge in [0.1, 0.15) is 6.67 Å². The Hall–Kier alpha value is -1.04. The molecule has 0 heterocycles. The molecule has 0 spiro atoms. The van der Waals surface area contributed by atoms with Crippen LogP contribution in [-0.4, -0.2) is 165 Å². The molecule has 0 bridgehead atoms.